The number of aromatic nitrogens is 4. The normalized spacial score (nSPS) is 19.1. The molecule has 2 aromatic heterocycles. The van der Waals surface area contributed by atoms with Gasteiger partial charge in [0, 0.05) is 19.1 Å². The van der Waals surface area contributed by atoms with Crippen LogP contribution < -0.4 is 10.2 Å². The van der Waals surface area contributed by atoms with Gasteiger partial charge in [0.25, 0.3) is 0 Å². The standard InChI is InChI=1S/C15H24N6/c1-3-8-16-15-19-13-12(17-10-18-13)14(20-15)21-9-6-5-7-11(21)4-2/h10-11H,3-9H2,1-2H3,(H2,16,17,18,19,20). The van der Waals surface area contributed by atoms with Gasteiger partial charge in [-0.1, -0.05) is 13.8 Å². The topological polar surface area (TPSA) is 69.7 Å². The third kappa shape index (κ3) is 2.80. The fraction of sp³-hybridized carbons (Fsp3) is 0.667. The Hall–Kier alpha value is -1.85. The Bertz CT molecular complexity index is 593. The minimum Gasteiger partial charge on any atom is -0.354 e. The highest BCUT2D eigenvalue weighted by molar-refractivity contribution is 5.84. The molecule has 1 saturated heterocycles. The second-order valence-corrected chi connectivity index (χ2v) is 5.65. The van der Waals surface area contributed by atoms with E-state index in [1.807, 2.05) is 0 Å². The van der Waals surface area contributed by atoms with E-state index in [9.17, 15) is 0 Å². The molecule has 21 heavy (non-hydrogen) atoms. The van der Waals surface area contributed by atoms with E-state index in [-0.39, 0.29) is 0 Å². The van der Waals surface area contributed by atoms with Crippen molar-refractivity contribution in [1.82, 2.24) is 19.9 Å². The minimum atomic E-state index is 0.569. The molecular weight excluding hydrogens is 264 g/mol. The molecule has 0 spiro atoms. The van der Waals surface area contributed by atoms with Crippen LogP contribution in [0, 0.1) is 0 Å². The summed E-state index contributed by atoms with van der Waals surface area (Å²) in [5.74, 6) is 1.69. The van der Waals surface area contributed by atoms with Gasteiger partial charge in [0.2, 0.25) is 5.95 Å². The number of fused-ring (bicyclic) bond motifs is 1. The zero-order chi connectivity index (χ0) is 14.7. The molecule has 2 N–H and O–H groups in total. The summed E-state index contributed by atoms with van der Waals surface area (Å²) in [7, 11) is 0. The monoisotopic (exact) mass is 288 g/mol. The Balaban J connectivity index is 2.00. The lowest BCUT2D eigenvalue weighted by Gasteiger charge is -2.36. The molecule has 114 valence electrons. The summed E-state index contributed by atoms with van der Waals surface area (Å²) in [5, 5.41) is 3.29. The van der Waals surface area contributed by atoms with Crippen LogP contribution in [0.1, 0.15) is 46.0 Å². The molecule has 3 heterocycles. The molecule has 1 aliphatic heterocycles. The summed E-state index contributed by atoms with van der Waals surface area (Å²) >= 11 is 0. The fourth-order valence-electron chi connectivity index (χ4n) is 3.05. The van der Waals surface area contributed by atoms with Crippen LogP contribution in [-0.4, -0.2) is 39.1 Å². The third-order valence-electron chi connectivity index (χ3n) is 4.17. The number of H-pyrrole nitrogens is 1. The van der Waals surface area contributed by atoms with Crippen molar-refractivity contribution in [2.45, 2.75) is 52.0 Å². The first-order valence-electron chi connectivity index (χ1n) is 8.05. The Labute approximate surface area is 125 Å². The van der Waals surface area contributed by atoms with Crippen molar-refractivity contribution >= 4 is 22.9 Å². The molecule has 1 atom stereocenters. The molecule has 1 unspecified atom stereocenters. The number of anilines is 2. The summed E-state index contributed by atoms with van der Waals surface area (Å²) in [5.41, 5.74) is 1.71. The van der Waals surface area contributed by atoms with E-state index >= 15 is 0 Å². The van der Waals surface area contributed by atoms with Gasteiger partial charge in [-0.3, -0.25) is 0 Å². The Morgan fingerprint density at radius 3 is 3.05 bits per heavy atom. The van der Waals surface area contributed by atoms with E-state index in [1.165, 1.54) is 19.3 Å². The predicted molar refractivity (Wildman–Crippen MR) is 85.7 cm³/mol. The fourth-order valence-corrected chi connectivity index (χ4v) is 3.05. The Kier molecular flexibility index (Phi) is 4.22. The van der Waals surface area contributed by atoms with E-state index in [2.05, 4.69) is 39.0 Å². The van der Waals surface area contributed by atoms with Crippen molar-refractivity contribution in [3.63, 3.8) is 0 Å². The van der Waals surface area contributed by atoms with Crippen LogP contribution in [0.2, 0.25) is 0 Å². The van der Waals surface area contributed by atoms with Gasteiger partial charge >= 0.3 is 0 Å². The Morgan fingerprint density at radius 2 is 2.24 bits per heavy atom. The SMILES string of the molecule is CCCNc1nc(N2CCCCC2CC)c2[nH]cnc2n1. The van der Waals surface area contributed by atoms with Crippen LogP contribution in [-0.2, 0) is 0 Å². The van der Waals surface area contributed by atoms with E-state index in [4.69, 9.17) is 4.98 Å². The molecule has 3 rings (SSSR count). The number of hydrogen-bond donors (Lipinski definition) is 2. The van der Waals surface area contributed by atoms with Crippen LogP contribution in [0.4, 0.5) is 11.8 Å². The van der Waals surface area contributed by atoms with Crippen molar-refractivity contribution < 1.29 is 0 Å². The first-order chi connectivity index (χ1) is 10.3. The smallest absolute Gasteiger partial charge is 0.226 e. The second kappa shape index (κ2) is 6.28. The highest BCUT2D eigenvalue weighted by Gasteiger charge is 2.25. The van der Waals surface area contributed by atoms with Crippen molar-refractivity contribution in [2.75, 3.05) is 23.3 Å². The maximum atomic E-state index is 4.76. The highest BCUT2D eigenvalue weighted by Crippen LogP contribution is 2.29. The van der Waals surface area contributed by atoms with E-state index in [0.717, 1.165) is 42.9 Å². The van der Waals surface area contributed by atoms with Crippen molar-refractivity contribution in [3.8, 4) is 0 Å². The maximum Gasteiger partial charge on any atom is 0.226 e. The van der Waals surface area contributed by atoms with Crippen molar-refractivity contribution in [1.29, 1.82) is 0 Å². The first kappa shape index (κ1) is 14.1. The van der Waals surface area contributed by atoms with Gasteiger partial charge in [-0.05, 0) is 32.1 Å². The summed E-state index contributed by atoms with van der Waals surface area (Å²) in [6.45, 7) is 6.34. The number of imidazole rings is 1. The highest BCUT2D eigenvalue weighted by atomic mass is 15.3. The van der Waals surface area contributed by atoms with Crippen LogP contribution in [0.5, 0.6) is 0 Å². The number of aromatic amines is 1. The average molecular weight is 288 g/mol. The molecule has 1 fully saturated rings. The quantitative estimate of drug-likeness (QED) is 0.885. The number of hydrogen-bond acceptors (Lipinski definition) is 5. The van der Waals surface area contributed by atoms with Gasteiger partial charge in [-0.15, -0.1) is 0 Å². The number of piperidine rings is 1. The molecule has 6 heteroatoms. The van der Waals surface area contributed by atoms with Crippen LogP contribution in [0.15, 0.2) is 6.33 Å². The van der Waals surface area contributed by atoms with E-state index in [1.54, 1.807) is 6.33 Å². The second-order valence-electron chi connectivity index (χ2n) is 5.65. The van der Waals surface area contributed by atoms with Crippen LogP contribution in [0.3, 0.4) is 0 Å². The summed E-state index contributed by atoms with van der Waals surface area (Å²) < 4.78 is 0. The number of nitrogens with zero attached hydrogens (tertiary/aromatic N) is 4. The lowest BCUT2D eigenvalue weighted by atomic mass is 10.00. The van der Waals surface area contributed by atoms with Crippen LogP contribution in [0.25, 0.3) is 11.2 Å². The van der Waals surface area contributed by atoms with E-state index < -0.39 is 0 Å². The molecule has 1 aliphatic rings. The van der Waals surface area contributed by atoms with Gasteiger partial charge in [-0.2, -0.15) is 9.97 Å². The molecule has 0 saturated carbocycles. The van der Waals surface area contributed by atoms with Crippen molar-refractivity contribution in [2.24, 2.45) is 0 Å². The molecule has 2 aromatic rings. The maximum absolute atomic E-state index is 4.76. The van der Waals surface area contributed by atoms with Gasteiger partial charge in [0.05, 0.1) is 6.33 Å². The minimum absolute atomic E-state index is 0.569. The van der Waals surface area contributed by atoms with Gasteiger partial charge in [0.1, 0.15) is 5.52 Å². The zero-order valence-corrected chi connectivity index (χ0v) is 12.9. The van der Waals surface area contributed by atoms with E-state index in [0.29, 0.717) is 12.0 Å². The lowest BCUT2D eigenvalue weighted by Crippen LogP contribution is -2.40. The van der Waals surface area contributed by atoms with Gasteiger partial charge in [-0.25, -0.2) is 4.98 Å². The van der Waals surface area contributed by atoms with Crippen molar-refractivity contribution in [3.05, 3.63) is 6.33 Å². The molecule has 0 radical (unpaired) electrons. The lowest BCUT2D eigenvalue weighted by molar-refractivity contribution is 0.447. The predicted octanol–water partition coefficient (Wildman–Crippen LogP) is 2.94. The molecule has 0 aliphatic carbocycles. The molecule has 0 bridgehead atoms. The molecular formula is C15H24N6. The average Bonchev–Trinajstić information content (AvgIpc) is 3.00. The first-order valence-corrected chi connectivity index (χ1v) is 8.05. The number of nitrogens with one attached hydrogen (secondary N) is 2. The molecule has 0 amide bonds. The summed E-state index contributed by atoms with van der Waals surface area (Å²) in [6.07, 6.45) is 7.70. The molecule has 0 aromatic carbocycles. The van der Waals surface area contributed by atoms with Gasteiger partial charge in [0.15, 0.2) is 11.5 Å². The summed E-state index contributed by atoms with van der Waals surface area (Å²) in [6, 6.07) is 0.569. The Morgan fingerprint density at radius 1 is 1.33 bits per heavy atom. The van der Waals surface area contributed by atoms with Crippen LogP contribution >= 0.6 is 0 Å². The van der Waals surface area contributed by atoms with Gasteiger partial charge < -0.3 is 15.2 Å². The zero-order valence-electron chi connectivity index (χ0n) is 12.9. The number of rotatable bonds is 5. The molecule has 6 nitrogen and oxygen atoms in total. The third-order valence-corrected chi connectivity index (χ3v) is 4.17. The summed E-state index contributed by atoms with van der Waals surface area (Å²) in [4.78, 5) is 19.2. The largest absolute Gasteiger partial charge is 0.354 e.